The molecule has 0 atom stereocenters. The molecule has 0 aliphatic rings. The van der Waals surface area contributed by atoms with Crippen molar-refractivity contribution in [2.75, 3.05) is 0 Å². The molecular formula is C7H10O3. The molecule has 0 aromatic heterocycles. The molecule has 0 unspecified atom stereocenters. The summed E-state index contributed by atoms with van der Waals surface area (Å²) in [4.78, 5) is 10.6. The van der Waals surface area contributed by atoms with Crippen molar-refractivity contribution in [3.05, 3.63) is 24.7 Å². The number of carbonyl (C=O) groups is 1. The van der Waals surface area contributed by atoms with Crippen LogP contribution in [0.15, 0.2) is 24.7 Å². The molecule has 0 saturated heterocycles. The van der Waals surface area contributed by atoms with Crippen molar-refractivity contribution in [2.45, 2.75) is 12.8 Å². The topological polar surface area (TPSA) is 57.5 Å². The summed E-state index contributed by atoms with van der Waals surface area (Å²) in [5, 5.41) is 16.3. The third-order valence-corrected chi connectivity index (χ3v) is 0.902. The van der Waals surface area contributed by atoms with Crippen molar-refractivity contribution in [1.29, 1.82) is 0 Å². The van der Waals surface area contributed by atoms with Gasteiger partial charge in [-0.3, -0.25) is 4.79 Å². The van der Waals surface area contributed by atoms with Crippen LogP contribution < -0.4 is 0 Å². The molecule has 0 aromatic rings. The van der Waals surface area contributed by atoms with E-state index in [1.165, 1.54) is 12.2 Å². The molecule has 0 saturated carbocycles. The summed E-state index contributed by atoms with van der Waals surface area (Å²) in [5.41, 5.74) is 0. The fourth-order valence-electron chi connectivity index (χ4n) is 0.452. The normalized spacial score (nSPS) is 11.2. The van der Waals surface area contributed by atoms with E-state index in [1.807, 2.05) is 0 Å². The Bertz CT molecular complexity index is 131. The van der Waals surface area contributed by atoms with Crippen LogP contribution in [-0.4, -0.2) is 16.0 Å². The average Bonchev–Trinajstić information content (AvgIpc) is 1.97. The first-order chi connectivity index (χ1) is 4.81. The zero-order valence-electron chi connectivity index (χ0n) is 5.53. The maximum atomic E-state index is 10.6. The Morgan fingerprint density at radius 1 is 1.10 bits per heavy atom. The third kappa shape index (κ3) is 4.90. The van der Waals surface area contributed by atoms with Crippen LogP contribution >= 0.6 is 0 Å². The molecule has 0 radical (unpaired) electrons. The summed E-state index contributed by atoms with van der Waals surface area (Å²) in [5.74, 6) is -0.0457. The lowest BCUT2D eigenvalue weighted by atomic mass is 10.2. The van der Waals surface area contributed by atoms with E-state index in [9.17, 15) is 4.79 Å². The minimum atomic E-state index is -0.0457. The second-order valence-electron chi connectivity index (χ2n) is 1.72. The SMILES string of the molecule is O=C(CC=CO)CC=CO. The highest BCUT2D eigenvalue weighted by molar-refractivity contribution is 5.81. The van der Waals surface area contributed by atoms with E-state index in [0.29, 0.717) is 0 Å². The molecule has 0 aliphatic heterocycles. The van der Waals surface area contributed by atoms with Gasteiger partial charge in [0.1, 0.15) is 5.78 Å². The van der Waals surface area contributed by atoms with E-state index in [0.717, 1.165) is 12.5 Å². The second-order valence-corrected chi connectivity index (χ2v) is 1.72. The third-order valence-electron chi connectivity index (χ3n) is 0.902. The zero-order chi connectivity index (χ0) is 7.82. The van der Waals surface area contributed by atoms with E-state index >= 15 is 0 Å². The van der Waals surface area contributed by atoms with Crippen molar-refractivity contribution >= 4 is 5.78 Å². The number of hydrogen-bond donors (Lipinski definition) is 2. The Balaban J connectivity index is 3.44. The standard InChI is InChI=1S/C7H10O3/c8-5-1-3-7(10)4-2-6-9/h1-2,5-6,8-9H,3-4H2. The van der Waals surface area contributed by atoms with Crippen LogP contribution in [0.1, 0.15) is 12.8 Å². The van der Waals surface area contributed by atoms with Gasteiger partial charge in [0.15, 0.2) is 0 Å². The molecule has 56 valence electrons. The number of rotatable bonds is 4. The highest BCUT2D eigenvalue weighted by Gasteiger charge is 1.93. The van der Waals surface area contributed by atoms with E-state index in [1.54, 1.807) is 0 Å². The number of aliphatic hydroxyl groups is 2. The minimum absolute atomic E-state index is 0.0457. The van der Waals surface area contributed by atoms with Gasteiger partial charge in [-0.1, -0.05) is 0 Å². The van der Waals surface area contributed by atoms with E-state index < -0.39 is 0 Å². The van der Waals surface area contributed by atoms with E-state index in [-0.39, 0.29) is 18.6 Å². The molecule has 0 heterocycles. The van der Waals surface area contributed by atoms with Gasteiger partial charge in [0.25, 0.3) is 0 Å². The molecule has 3 nitrogen and oxygen atoms in total. The maximum Gasteiger partial charge on any atom is 0.140 e. The monoisotopic (exact) mass is 142 g/mol. The summed E-state index contributed by atoms with van der Waals surface area (Å²) in [6, 6.07) is 0. The minimum Gasteiger partial charge on any atom is -0.516 e. The number of hydrogen-bond acceptors (Lipinski definition) is 3. The highest BCUT2D eigenvalue weighted by Crippen LogP contribution is 1.91. The molecule has 0 amide bonds. The van der Waals surface area contributed by atoms with Crippen LogP contribution in [0.2, 0.25) is 0 Å². The lowest BCUT2D eigenvalue weighted by molar-refractivity contribution is -0.117. The van der Waals surface area contributed by atoms with Crippen molar-refractivity contribution in [3.8, 4) is 0 Å². The Kier molecular flexibility index (Phi) is 5.14. The molecular weight excluding hydrogens is 132 g/mol. The first-order valence-electron chi connectivity index (χ1n) is 2.91. The zero-order valence-corrected chi connectivity index (χ0v) is 5.53. The van der Waals surface area contributed by atoms with Crippen LogP contribution in [0.5, 0.6) is 0 Å². The van der Waals surface area contributed by atoms with Gasteiger partial charge in [0.05, 0.1) is 12.5 Å². The van der Waals surface area contributed by atoms with Crippen LogP contribution in [0.3, 0.4) is 0 Å². The summed E-state index contributed by atoms with van der Waals surface area (Å²) < 4.78 is 0. The molecule has 0 rings (SSSR count). The largest absolute Gasteiger partial charge is 0.516 e. The summed E-state index contributed by atoms with van der Waals surface area (Å²) in [6.45, 7) is 0. The van der Waals surface area contributed by atoms with Gasteiger partial charge >= 0.3 is 0 Å². The molecule has 0 spiro atoms. The number of Topliss-reactive ketones (excluding diaryl/α,β-unsaturated/α-hetero) is 1. The van der Waals surface area contributed by atoms with Gasteiger partial charge < -0.3 is 10.2 Å². The van der Waals surface area contributed by atoms with Gasteiger partial charge in [0.2, 0.25) is 0 Å². The maximum absolute atomic E-state index is 10.6. The fraction of sp³-hybridized carbons (Fsp3) is 0.286. The van der Waals surface area contributed by atoms with Gasteiger partial charge in [0, 0.05) is 12.8 Å². The van der Waals surface area contributed by atoms with Gasteiger partial charge in [-0.15, -0.1) is 0 Å². The quantitative estimate of drug-likeness (QED) is 0.584. The smallest absolute Gasteiger partial charge is 0.140 e. The Morgan fingerprint density at radius 3 is 1.80 bits per heavy atom. The average molecular weight is 142 g/mol. The van der Waals surface area contributed by atoms with Crippen molar-refractivity contribution in [1.82, 2.24) is 0 Å². The molecule has 0 aromatic carbocycles. The number of carbonyl (C=O) groups excluding carboxylic acids is 1. The van der Waals surface area contributed by atoms with Crippen molar-refractivity contribution in [2.24, 2.45) is 0 Å². The molecule has 10 heavy (non-hydrogen) atoms. The summed E-state index contributed by atoms with van der Waals surface area (Å²) in [7, 11) is 0. The van der Waals surface area contributed by atoms with Crippen LogP contribution in [0.4, 0.5) is 0 Å². The number of aliphatic hydroxyl groups excluding tert-OH is 2. The summed E-state index contributed by atoms with van der Waals surface area (Å²) >= 11 is 0. The molecule has 0 aliphatic carbocycles. The van der Waals surface area contributed by atoms with Crippen LogP contribution in [0.25, 0.3) is 0 Å². The summed E-state index contributed by atoms with van der Waals surface area (Å²) in [6.07, 6.45) is 4.80. The predicted octanol–water partition coefficient (Wildman–Crippen LogP) is 1.48. The van der Waals surface area contributed by atoms with Gasteiger partial charge in [-0.2, -0.15) is 0 Å². The second kappa shape index (κ2) is 5.88. The van der Waals surface area contributed by atoms with Crippen molar-refractivity contribution in [3.63, 3.8) is 0 Å². The highest BCUT2D eigenvalue weighted by atomic mass is 16.2. The lowest BCUT2D eigenvalue weighted by Crippen LogP contribution is -1.91. The first-order valence-corrected chi connectivity index (χ1v) is 2.91. The van der Waals surface area contributed by atoms with Gasteiger partial charge in [-0.05, 0) is 12.2 Å². The molecule has 2 N–H and O–H groups in total. The predicted molar refractivity (Wildman–Crippen MR) is 37.8 cm³/mol. The number of ketones is 1. The van der Waals surface area contributed by atoms with E-state index in [2.05, 4.69) is 0 Å². The first kappa shape index (κ1) is 8.75. The Hall–Kier alpha value is -1.25. The number of allylic oxidation sites excluding steroid dienone is 2. The van der Waals surface area contributed by atoms with Crippen LogP contribution in [0, 0.1) is 0 Å². The Morgan fingerprint density at radius 2 is 1.50 bits per heavy atom. The molecule has 3 heteroatoms. The molecule has 0 bridgehead atoms. The van der Waals surface area contributed by atoms with Crippen molar-refractivity contribution < 1.29 is 15.0 Å². The van der Waals surface area contributed by atoms with Gasteiger partial charge in [-0.25, -0.2) is 0 Å². The lowest BCUT2D eigenvalue weighted by Gasteiger charge is -1.87. The Labute approximate surface area is 59.3 Å². The fourth-order valence-corrected chi connectivity index (χ4v) is 0.452. The van der Waals surface area contributed by atoms with Crippen LogP contribution in [-0.2, 0) is 4.79 Å². The van der Waals surface area contributed by atoms with E-state index in [4.69, 9.17) is 10.2 Å². The molecule has 0 fully saturated rings.